The SMILES string of the molecule is COc1ccc(C#C/C=C/C=O)cc1. The molecule has 70 valence electrons. The molecule has 0 fully saturated rings. The van der Waals surface area contributed by atoms with Gasteiger partial charge in [-0.15, -0.1) is 0 Å². The van der Waals surface area contributed by atoms with Gasteiger partial charge in [-0.1, -0.05) is 11.8 Å². The van der Waals surface area contributed by atoms with Crippen LogP contribution in [0.3, 0.4) is 0 Å². The first-order valence-corrected chi connectivity index (χ1v) is 4.12. The molecule has 0 aliphatic carbocycles. The van der Waals surface area contributed by atoms with Crippen LogP contribution in [0.15, 0.2) is 36.4 Å². The molecule has 0 aliphatic heterocycles. The molecule has 0 saturated heterocycles. The number of carbonyl (C=O) groups excluding carboxylic acids is 1. The molecule has 0 radical (unpaired) electrons. The Bertz CT molecular complexity index is 377. The fourth-order valence-electron chi connectivity index (χ4n) is 0.887. The molecule has 2 nitrogen and oxygen atoms in total. The van der Waals surface area contributed by atoms with Gasteiger partial charge in [0.2, 0.25) is 0 Å². The van der Waals surface area contributed by atoms with Crippen LogP contribution in [0, 0.1) is 11.8 Å². The lowest BCUT2D eigenvalue weighted by Crippen LogP contribution is -1.81. The predicted molar refractivity (Wildman–Crippen MR) is 55.1 cm³/mol. The van der Waals surface area contributed by atoms with Crippen molar-refractivity contribution < 1.29 is 9.53 Å². The van der Waals surface area contributed by atoms with Crippen molar-refractivity contribution in [3.05, 3.63) is 42.0 Å². The Morgan fingerprint density at radius 3 is 2.57 bits per heavy atom. The summed E-state index contributed by atoms with van der Waals surface area (Å²) in [5.74, 6) is 6.42. The fraction of sp³-hybridized carbons (Fsp3) is 0.0833. The second-order valence-electron chi connectivity index (χ2n) is 2.49. The van der Waals surface area contributed by atoms with Gasteiger partial charge in [-0.3, -0.25) is 4.79 Å². The average Bonchev–Trinajstić information content (AvgIpc) is 2.25. The molecule has 0 aromatic heterocycles. The fourth-order valence-corrected chi connectivity index (χ4v) is 0.887. The van der Waals surface area contributed by atoms with E-state index in [9.17, 15) is 4.79 Å². The Morgan fingerprint density at radius 2 is 2.00 bits per heavy atom. The first kappa shape index (κ1) is 10.1. The molecule has 2 heteroatoms. The Kier molecular flexibility index (Phi) is 4.03. The smallest absolute Gasteiger partial charge is 0.143 e. The normalized spacial score (nSPS) is 9.21. The van der Waals surface area contributed by atoms with Gasteiger partial charge in [0.15, 0.2) is 0 Å². The van der Waals surface area contributed by atoms with E-state index in [1.54, 1.807) is 7.11 Å². The van der Waals surface area contributed by atoms with Crippen LogP contribution in [0.5, 0.6) is 5.75 Å². The predicted octanol–water partition coefficient (Wildman–Crippen LogP) is 1.80. The second-order valence-corrected chi connectivity index (χ2v) is 2.49. The van der Waals surface area contributed by atoms with Crippen molar-refractivity contribution in [2.75, 3.05) is 7.11 Å². The molecule has 0 unspecified atom stereocenters. The largest absolute Gasteiger partial charge is 0.497 e. The number of ether oxygens (including phenoxy) is 1. The quantitative estimate of drug-likeness (QED) is 0.400. The van der Waals surface area contributed by atoms with Crippen LogP contribution in [0.1, 0.15) is 5.56 Å². The zero-order valence-electron chi connectivity index (χ0n) is 7.86. The summed E-state index contributed by atoms with van der Waals surface area (Å²) in [6, 6.07) is 7.40. The second kappa shape index (κ2) is 5.60. The standard InChI is InChI=1S/C12H10O2/c1-14-12-8-6-11(7-9-12)5-3-2-4-10-13/h2,4,6-10H,1H3/b4-2+. The summed E-state index contributed by atoms with van der Waals surface area (Å²) in [5.41, 5.74) is 0.890. The maximum absolute atomic E-state index is 9.93. The Balaban J connectivity index is 2.71. The van der Waals surface area contributed by atoms with Gasteiger partial charge in [0.05, 0.1) is 7.11 Å². The van der Waals surface area contributed by atoms with Crippen molar-refractivity contribution in [3.8, 4) is 17.6 Å². The molecule has 0 heterocycles. The third-order valence-corrected chi connectivity index (χ3v) is 1.56. The lowest BCUT2D eigenvalue weighted by atomic mass is 10.2. The van der Waals surface area contributed by atoms with Crippen LogP contribution in [-0.2, 0) is 4.79 Å². The van der Waals surface area contributed by atoms with Gasteiger partial charge < -0.3 is 4.74 Å². The van der Waals surface area contributed by atoms with E-state index in [0.717, 1.165) is 11.3 Å². The van der Waals surface area contributed by atoms with Gasteiger partial charge in [0, 0.05) is 5.56 Å². The van der Waals surface area contributed by atoms with Gasteiger partial charge in [0.25, 0.3) is 0 Å². The molecule has 1 aromatic carbocycles. The maximum Gasteiger partial charge on any atom is 0.143 e. The lowest BCUT2D eigenvalue weighted by Gasteiger charge is -1.97. The summed E-state index contributed by atoms with van der Waals surface area (Å²) < 4.78 is 5.00. The summed E-state index contributed by atoms with van der Waals surface area (Å²) >= 11 is 0. The van der Waals surface area contributed by atoms with Gasteiger partial charge in [-0.2, -0.15) is 0 Å². The first-order valence-electron chi connectivity index (χ1n) is 4.12. The van der Waals surface area contributed by atoms with Gasteiger partial charge in [-0.05, 0) is 36.4 Å². The minimum atomic E-state index is 0.697. The van der Waals surface area contributed by atoms with Gasteiger partial charge >= 0.3 is 0 Å². The van der Waals surface area contributed by atoms with E-state index in [1.165, 1.54) is 12.2 Å². The molecule has 0 spiro atoms. The molecule has 0 saturated carbocycles. The number of benzene rings is 1. The van der Waals surface area contributed by atoms with Crippen molar-refractivity contribution >= 4 is 6.29 Å². The minimum Gasteiger partial charge on any atom is -0.497 e. The molecule has 1 rings (SSSR count). The lowest BCUT2D eigenvalue weighted by molar-refractivity contribution is -0.104. The van der Waals surface area contributed by atoms with Crippen LogP contribution < -0.4 is 4.74 Å². The van der Waals surface area contributed by atoms with Crippen molar-refractivity contribution in [2.45, 2.75) is 0 Å². The summed E-state index contributed by atoms with van der Waals surface area (Å²) in [6.07, 6.45) is 3.57. The van der Waals surface area contributed by atoms with Gasteiger partial charge in [0.1, 0.15) is 12.0 Å². The van der Waals surface area contributed by atoms with Crippen molar-refractivity contribution in [2.24, 2.45) is 0 Å². The van der Waals surface area contributed by atoms with Crippen LogP contribution in [0.2, 0.25) is 0 Å². The summed E-state index contributed by atoms with van der Waals surface area (Å²) in [5, 5.41) is 0. The molecule has 0 amide bonds. The number of allylic oxidation sites excluding steroid dienone is 2. The molecule has 0 N–H and O–H groups in total. The Hall–Kier alpha value is -2.01. The highest BCUT2D eigenvalue weighted by Gasteiger charge is 1.88. The van der Waals surface area contributed by atoms with E-state index >= 15 is 0 Å². The zero-order chi connectivity index (χ0) is 10.2. The van der Waals surface area contributed by atoms with Crippen LogP contribution in [0.4, 0.5) is 0 Å². The molecule has 0 bridgehead atoms. The monoisotopic (exact) mass is 186 g/mol. The Labute approximate surface area is 83.2 Å². The van der Waals surface area contributed by atoms with Crippen LogP contribution in [-0.4, -0.2) is 13.4 Å². The van der Waals surface area contributed by atoms with E-state index in [-0.39, 0.29) is 0 Å². The zero-order valence-corrected chi connectivity index (χ0v) is 7.86. The third-order valence-electron chi connectivity index (χ3n) is 1.56. The summed E-state index contributed by atoms with van der Waals surface area (Å²) in [6.45, 7) is 0. The van der Waals surface area contributed by atoms with Crippen molar-refractivity contribution in [1.29, 1.82) is 0 Å². The first-order chi connectivity index (χ1) is 6.86. The average molecular weight is 186 g/mol. The minimum absolute atomic E-state index is 0.697. The molecular weight excluding hydrogens is 176 g/mol. The number of hydrogen-bond donors (Lipinski definition) is 0. The number of aldehydes is 1. The molecule has 1 aromatic rings. The topological polar surface area (TPSA) is 26.3 Å². The number of rotatable bonds is 2. The van der Waals surface area contributed by atoms with E-state index < -0.39 is 0 Å². The summed E-state index contributed by atoms with van der Waals surface area (Å²) in [7, 11) is 1.62. The van der Waals surface area contributed by atoms with Crippen LogP contribution >= 0.6 is 0 Å². The maximum atomic E-state index is 9.93. The van der Waals surface area contributed by atoms with E-state index in [1.807, 2.05) is 24.3 Å². The highest BCUT2D eigenvalue weighted by Crippen LogP contribution is 2.09. The van der Waals surface area contributed by atoms with E-state index in [4.69, 9.17) is 4.74 Å². The number of carbonyl (C=O) groups is 1. The number of methoxy groups -OCH3 is 1. The Morgan fingerprint density at radius 1 is 1.29 bits per heavy atom. The summed E-state index contributed by atoms with van der Waals surface area (Å²) in [4.78, 5) is 9.93. The van der Waals surface area contributed by atoms with Crippen molar-refractivity contribution in [3.63, 3.8) is 0 Å². The molecule has 0 aliphatic rings. The van der Waals surface area contributed by atoms with Crippen molar-refractivity contribution in [1.82, 2.24) is 0 Å². The molecular formula is C12H10O2. The third kappa shape index (κ3) is 3.16. The van der Waals surface area contributed by atoms with E-state index in [2.05, 4.69) is 11.8 Å². The highest BCUT2D eigenvalue weighted by atomic mass is 16.5. The van der Waals surface area contributed by atoms with Gasteiger partial charge in [-0.25, -0.2) is 0 Å². The van der Waals surface area contributed by atoms with Crippen LogP contribution in [0.25, 0.3) is 0 Å². The molecule has 0 atom stereocenters. The molecule has 14 heavy (non-hydrogen) atoms. The van der Waals surface area contributed by atoms with E-state index in [0.29, 0.717) is 6.29 Å². The highest BCUT2D eigenvalue weighted by molar-refractivity contribution is 5.65. The number of hydrogen-bond acceptors (Lipinski definition) is 2.